The minimum atomic E-state index is -2.34. The van der Waals surface area contributed by atoms with E-state index < -0.39 is 24.2 Å². The Morgan fingerprint density at radius 2 is 1.57 bits per heavy atom. The quantitative estimate of drug-likeness (QED) is 0.105. The zero-order valence-corrected chi connectivity index (χ0v) is 27.4. The molecule has 1 aromatic rings. The number of esters is 1. The average molecular weight is 619 g/mol. The molecule has 0 spiro atoms. The molecule has 5 heteroatoms. The molecule has 1 aliphatic heterocycles. The summed E-state index contributed by atoms with van der Waals surface area (Å²) in [7, 11) is 0. The van der Waals surface area contributed by atoms with E-state index in [1.165, 1.54) is 57.4 Å². The fourth-order valence-electron chi connectivity index (χ4n) is 5.22. The van der Waals surface area contributed by atoms with Gasteiger partial charge in [-0.05, 0) is 0 Å². The van der Waals surface area contributed by atoms with Gasteiger partial charge in [0.25, 0.3) is 0 Å². The zero-order chi connectivity index (χ0) is 27.3. The van der Waals surface area contributed by atoms with Crippen LogP contribution in [0.4, 0.5) is 0 Å². The molecule has 0 amide bonds. The molecule has 2 rings (SSSR count). The Morgan fingerprint density at radius 1 is 1.00 bits per heavy atom. The van der Waals surface area contributed by atoms with Crippen LogP contribution in [0.1, 0.15) is 104 Å². The summed E-state index contributed by atoms with van der Waals surface area (Å²) in [5, 5.41) is 0. The number of carbonyl (C=O) groups excluding carboxylic acids is 1. The third-order valence-corrected chi connectivity index (χ3v) is 21.4. The van der Waals surface area contributed by atoms with Crippen molar-refractivity contribution in [3.8, 4) is 0 Å². The van der Waals surface area contributed by atoms with E-state index in [-0.39, 0.29) is 24.3 Å². The SMILES string of the molecule is CCC[CH2][Sn](/[CH]=C/C(C)=C/[C@@H]1OC(C)(C)O[C@H]1C[C@H](C)OC(=O)c1ccccc1)([CH2]CCC)[CH2]CCC. The summed E-state index contributed by atoms with van der Waals surface area (Å²) in [6.07, 6.45) is 12.6. The molecule has 0 saturated carbocycles. The number of rotatable bonds is 16. The summed E-state index contributed by atoms with van der Waals surface area (Å²) in [5.74, 6) is -0.960. The van der Waals surface area contributed by atoms with Crippen LogP contribution in [0.25, 0.3) is 0 Å². The monoisotopic (exact) mass is 620 g/mol. The summed E-state index contributed by atoms with van der Waals surface area (Å²) in [4.78, 5) is 12.5. The van der Waals surface area contributed by atoms with Crippen molar-refractivity contribution in [2.45, 2.75) is 131 Å². The van der Waals surface area contributed by atoms with Crippen LogP contribution in [-0.4, -0.2) is 48.4 Å². The standard InChI is InChI=1S/C20H25O4.3C4H9.Sn/c1-6-14(2)12-17-18(24-20(4,5)23-17)13-15(3)22-19(21)16-10-8-7-9-11-16;3*1-3-4-2;/h1,6-12,15,17-18H,13H2,2-5H3;3*1,3-4H2,2H3;/b6-1?,14-12+;;;;/t15-,17-,18-;;;;/m0..../s1. The van der Waals surface area contributed by atoms with E-state index in [0.29, 0.717) is 12.0 Å². The number of benzene rings is 1. The summed E-state index contributed by atoms with van der Waals surface area (Å²) in [6.45, 7) is 15.0. The fraction of sp³-hybridized carbons (Fsp3) is 0.656. The first-order chi connectivity index (χ1) is 17.6. The van der Waals surface area contributed by atoms with E-state index >= 15 is 0 Å². The van der Waals surface area contributed by atoms with Gasteiger partial charge in [-0.25, -0.2) is 0 Å². The van der Waals surface area contributed by atoms with Gasteiger partial charge in [0.15, 0.2) is 0 Å². The second-order valence-electron chi connectivity index (χ2n) is 11.4. The average Bonchev–Trinajstić information content (AvgIpc) is 3.15. The summed E-state index contributed by atoms with van der Waals surface area (Å²) < 4.78 is 25.4. The molecule has 0 radical (unpaired) electrons. The Kier molecular flexibility index (Phi) is 14.0. The van der Waals surface area contributed by atoms with E-state index in [9.17, 15) is 4.79 Å². The van der Waals surface area contributed by atoms with Crippen LogP contribution in [0.2, 0.25) is 13.3 Å². The Morgan fingerprint density at radius 3 is 2.11 bits per heavy atom. The van der Waals surface area contributed by atoms with Crippen LogP contribution in [0.15, 0.2) is 52.1 Å². The van der Waals surface area contributed by atoms with Crippen molar-refractivity contribution in [1.29, 1.82) is 0 Å². The Hall–Kier alpha value is -1.11. The molecule has 0 aromatic heterocycles. The van der Waals surface area contributed by atoms with Crippen LogP contribution in [-0.2, 0) is 14.2 Å². The van der Waals surface area contributed by atoms with Gasteiger partial charge in [0.1, 0.15) is 0 Å². The van der Waals surface area contributed by atoms with Crippen molar-refractivity contribution < 1.29 is 19.0 Å². The summed E-state index contributed by atoms with van der Waals surface area (Å²) in [5.41, 5.74) is 1.82. The van der Waals surface area contributed by atoms with Crippen molar-refractivity contribution in [3.05, 3.63) is 57.7 Å². The molecule has 1 fully saturated rings. The Labute approximate surface area is 231 Å². The molecule has 1 aromatic carbocycles. The molecule has 1 saturated heterocycles. The minimum absolute atomic E-state index is 0.162. The second kappa shape index (κ2) is 16.1. The molecule has 4 nitrogen and oxygen atoms in total. The zero-order valence-electron chi connectivity index (χ0n) is 24.6. The van der Waals surface area contributed by atoms with Crippen molar-refractivity contribution in [1.82, 2.24) is 0 Å². The van der Waals surface area contributed by atoms with E-state index in [0.717, 1.165) is 0 Å². The van der Waals surface area contributed by atoms with Crippen LogP contribution in [0.5, 0.6) is 0 Å². The van der Waals surface area contributed by atoms with E-state index in [2.05, 4.69) is 43.9 Å². The van der Waals surface area contributed by atoms with Crippen LogP contribution in [0.3, 0.4) is 0 Å². The first-order valence-corrected chi connectivity index (χ1v) is 22.3. The molecule has 0 bridgehead atoms. The topological polar surface area (TPSA) is 44.8 Å². The first-order valence-electron chi connectivity index (χ1n) is 14.6. The van der Waals surface area contributed by atoms with Crippen LogP contribution < -0.4 is 0 Å². The fourth-order valence-corrected chi connectivity index (χ4v) is 19.6. The summed E-state index contributed by atoms with van der Waals surface area (Å²) in [6, 6.07) is 9.15. The van der Waals surface area contributed by atoms with Gasteiger partial charge >= 0.3 is 214 Å². The second-order valence-corrected chi connectivity index (χ2v) is 24.4. The molecule has 37 heavy (non-hydrogen) atoms. The third kappa shape index (κ3) is 11.3. The van der Waals surface area contributed by atoms with Gasteiger partial charge in [-0.1, -0.05) is 18.2 Å². The molecule has 0 unspecified atom stereocenters. The molecule has 0 N–H and O–H groups in total. The molecule has 3 atom stereocenters. The van der Waals surface area contributed by atoms with Gasteiger partial charge in [0.2, 0.25) is 0 Å². The summed E-state index contributed by atoms with van der Waals surface area (Å²) >= 11 is -2.34. The number of ether oxygens (including phenoxy) is 3. The third-order valence-electron chi connectivity index (χ3n) is 7.32. The van der Waals surface area contributed by atoms with E-state index in [1.54, 1.807) is 12.1 Å². The Bertz CT molecular complexity index is 839. The Balaban J connectivity index is 2.13. The number of hydrogen-bond acceptors (Lipinski definition) is 4. The van der Waals surface area contributed by atoms with Gasteiger partial charge in [0.05, 0.1) is 0 Å². The van der Waals surface area contributed by atoms with Crippen molar-refractivity contribution in [3.63, 3.8) is 0 Å². The predicted molar refractivity (Wildman–Crippen MR) is 158 cm³/mol. The van der Waals surface area contributed by atoms with E-state index in [4.69, 9.17) is 14.2 Å². The van der Waals surface area contributed by atoms with E-state index in [1.807, 2.05) is 39.0 Å². The first kappa shape index (κ1) is 32.1. The molecular weight excluding hydrogens is 567 g/mol. The van der Waals surface area contributed by atoms with Crippen molar-refractivity contribution in [2.24, 2.45) is 0 Å². The van der Waals surface area contributed by atoms with Crippen molar-refractivity contribution >= 4 is 24.3 Å². The van der Waals surface area contributed by atoms with Gasteiger partial charge in [-0.2, -0.15) is 0 Å². The van der Waals surface area contributed by atoms with Crippen LogP contribution in [0, 0.1) is 0 Å². The van der Waals surface area contributed by atoms with Gasteiger partial charge in [0, 0.05) is 0 Å². The van der Waals surface area contributed by atoms with Gasteiger partial charge in [-0.15, -0.1) is 0 Å². The van der Waals surface area contributed by atoms with Crippen molar-refractivity contribution in [2.75, 3.05) is 0 Å². The predicted octanol–water partition coefficient (Wildman–Crippen LogP) is 9.03. The molecule has 1 heterocycles. The van der Waals surface area contributed by atoms with Crippen LogP contribution >= 0.6 is 0 Å². The van der Waals surface area contributed by atoms with Gasteiger partial charge < -0.3 is 0 Å². The number of allylic oxidation sites excluding steroid dienone is 2. The van der Waals surface area contributed by atoms with Gasteiger partial charge in [-0.3, -0.25) is 0 Å². The normalized spacial score (nSPS) is 20.9. The maximum absolute atomic E-state index is 12.5. The number of carbonyl (C=O) groups is 1. The molecule has 0 aliphatic carbocycles. The molecule has 1 aliphatic rings. The number of unbranched alkanes of at least 4 members (excludes halogenated alkanes) is 3. The maximum atomic E-state index is 12.5. The number of hydrogen-bond donors (Lipinski definition) is 0. The molecule has 208 valence electrons. The molecular formula is C32H52O4Sn.